The number of benzene rings is 1. The third-order valence-corrected chi connectivity index (χ3v) is 1.73. The van der Waals surface area contributed by atoms with Crippen LogP contribution in [0.5, 0.6) is 5.75 Å². The predicted molar refractivity (Wildman–Crippen MR) is 63.2 cm³/mol. The molecule has 6 nitrogen and oxygen atoms in total. The van der Waals surface area contributed by atoms with Gasteiger partial charge in [0.05, 0.1) is 17.6 Å². The molecular weight excluding hydrogens is 220 g/mol. The van der Waals surface area contributed by atoms with Gasteiger partial charge in [0.15, 0.2) is 0 Å². The van der Waals surface area contributed by atoms with Crippen LogP contribution in [0.3, 0.4) is 0 Å². The zero-order valence-corrected chi connectivity index (χ0v) is 9.54. The van der Waals surface area contributed by atoms with Crippen molar-refractivity contribution < 1.29 is 9.53 Å². The van der Waals surface area contributed by atoms with E-state index in [0.717, 1.165) is 0 Å². The van der Waals surface area contributed by atoms with Gasteiger partial charge in [-0.3, -0.25) is 0 Å². The molecule has 88 valence electrons. The van der Waals surface area contributed by atoms with E-state index in [-0.39, 0.29) is 5.75 Å². The lowest BCUT2D eigenvalue weighted by Gasteiger charge is -2.05. The van der Waals surface area contributed by atoms with E-state index < -0.39 is 6.09 Å². The van der Waals surface area contributed by atoms with Gasteiger partial charge in [-0.2, -0.15) is 5.26 Å². The van der Waals surface area contributed by atoms with Gasteiger partial charge in [0.25, 0.3) is 0 Å². The van der Waals surface area contributed by atoms with Gasteiger partial charge in [-0.05, 0) is 12.1 Å². The zero-order chi connectivity index (χ0) is 12.8. The van der Waals surface area contributed by atoms with Crippen LogP contribution >= 0.6 is 0 Å². The Morgan fingerprint density at radius 1 is 1.59 bits per heavy atom. The first-order chi connectivity index (χ1) is 8.02. The third kappa shape index (κ3) is 3.83. The molecule has 0 aliphatic rings. The second-order valence-corrected chi connectivity index (χ2v) is 3.42. The van der Waals surface area contributed by atoms with Gasteiger partial charge in [0, 0.05) is 20.2 Å². The van der Waals surface area contributed by atoms with Crippen LogP contribution in [0.1, 0.15) is 5.56 Å². The molecule has 0 saturated carbocycles. The quantitative estimate of drug-likeness (QED) is 0.626. The summed E-state index contributed by atoms with van der Waals surface area (Å²) in [7, 11) is 3.64. The summed E-state index contributed by atoms with van der Waals surface area (Å²) in [6.07, 6.45) is 0.656. The second-order valence-electron chi connectivity index (χ2n) is 3.42. The van der Waals surface area contributed by atoms with Crippen LogP contribution < -0.4 is 10.5 Å². The molecule has 0 fully saturated rings. The minimum absolute atomic E-state index is 0.220. The molecule has 0 aliphatic heterocycles. The number of nitriles is 1. The van der Waals surface area contributed by atoms with Crippen LogP contribution in [0.2, 0.25) is 0 Å². The minimum Gasteiger partial charge on any atom is -0.410 e. The molecule has 0 heterocycles. The number of nitrogens with two attached hydrogens (primary N) is 1. The number of primary amides is 1. The SMILES string of the molecule is CN(C)/C=N/c1ccc(OC(N)=O)cc1C#N. The van der Waals surface area contributed by atoms with Gasteiger partial charge in [-0.15, -0.1) is 0 Å². The van der Waals surface area contributed by atoms with E-state index in [1.165, 1.54) is 12.1 Å². The van der Waals surface area contributed by atoms with Crippen molar-refractivity contribution in [3.05, 3.63) is 23.8 Å². The van der Waals surface area contributed by atoms with Crippen LogP contribution in [-0.4, -0.2) is 31.4 Å². The maximum absolute atomic E-state index is 10.5. The van der Waals surface area contributed by atoms with Gasteiger partial charge in [0.2, 0.25) is 0 Å². The van der Waals surface area contributed by atoms with Crippen molar-refractivity contribution in [1.29, 1.82) is 5.26 Å². The summed E-state index contributed by atoms with van der Waals surface area (Å²) in [5.41, 5.74) is 5.68. The lowest BCUT2D eigenvalue weighted by Crippen LogP contribution is -2.16. The van der Waals surface area contributed by atoms with Gasteiger partial charge in [-0.25, -0.2) is 9.79 Å². The highest BCUT2D eigenvalue weighted by molar-refractivity contribution is 5.70. The lowest BCUT2D eigenvalue weighted by atomic mass is 10.2. The van der Waals surface area contributed by atoms with Crippen LogP contribution in [0, 0.1) is 11.3 Å². The first-order valence-corrected chi connectivity index (χ1v) is 4.75. The third-order valence-electron chi connectivity index (χ3n) is 1.73. The molecule has 17 heavy (non-hydrogen) atoms. The van der Waals surface area contributed by atoms with Crippen molar-refractivity contribution in [3.8, 4) is 11.8 Å². The highest BCUT2D eigenvalue weighted by Crippen LogP contribution is 2.23. The molecule has 0 atom stereocenters. The van der Waals surface area contributed by atoms with E-state index in [1.807, 2.05) is 20.2 Å². The maximum Gasteiger partial charge on any atom is 0.409 e. The Bertz CT molecular complexity index is 489. The summed E-state index contributed by atoms with van der Waals surface area (Å²) in [6, 6.07) is 6.48. The van der Waals surface area contributed by atoms with Gasteiger partial charge < -0.3 is 15.4 Å². The lowest BCUT2D eigenvalue weighted by molar-refractivity contribution is 0.211. The Kier molecular flexibility index (Phi) is 4.06. The maximum atomic E-state index is 10.5. The summed E-state index contributed by atoms with van der Waals surface area (Å²) < 4.78 is 4.66. The van der Waals surface area contributed by atoms with Crippen molar-refractivity contribution in [2.75, 3.05) is 14.1 Å². The number of ether oxygens (including phenoxy) is 1. The molecule has 0 spiro atoms. The smallest absolute Gasteiger partial charge is 0.409 e. The molecule has 0 aromatic heterocycles. The van der Waals surface area contributed by atoms with Crippen LogP contribution in [0.4, 0.5) is 10.5 Å². The Morgan fingerprint density at radius 3 is 2.82 bits per heavy atom. The Hall–Kier alpha value is -2.55. The van der Waals surface area contributed by atoms with Crippen molar-refractivity contribution in [2.45, 2.75) is 0 Å². The van der Waals surface area contributed by atoms with Crippen molar-refractivity contribution >= 4 is 18.1 Å². The van der Waals surface area contributed by atoms with E-state index in [1.54, 1.807) is 17.3 Å². The van der Waals surface area contributed by atoms with Gasteiger partial charge >= 0.3 is 6.09 Å². The molecule has 2 N–H and O–H groups in total. The predicted octanol–water partition coefficient (Wildman–Crippen LogP) is 1.24. The molecular formula is C11H12N4O2. The Balaban J connectivity index is 3.02. The van der Waals surface area contributed by atoms with Crippen LogP contribution in [0.25, 0.3) is 0 Å². The molecule has 1 rings (SSSR count). The number of hydrogen-bond donors (Lipinski definition) is 1. The highest BCUT2D eigenvalue weighted by atomic mass is 16.5. The van der Waals surface area contributed by atoms with Crippen molar-refractivity contribution in [2.24, 2.45) is 10.7 Å². The van der Waals surface area contributed by atoms with Crippen LogP contribution in [-0.2, 0) is 0 Å². The number of amides is 1. The summed E-state index contributed by atoms with van der Waals surface area (Å²) in [4.78, 5) is 16.4. The molecule has 0 unspecified atom stereocenters. The highest BCUT2D eigenvalue weighted by Gasteiger charge is 2.05. The van der Waals surface area contributed by atoms with E-state index in [9.17, 15) is 4.79 Å². The number of carbonyl (C=O) groups excluding carboxylic acids is 1. The molecule has 0 radical (unpaired) electrons. The summed E-state index contributed by atoms with van der Waals surface area (Å²) in [5, 5.41) is 8.93. The van der Waals surface area contributed by atoms with Crippen molar-refractivity contribution in [1.82, 2.24) is 4.90 Å². The standard InChI is InChI=1S/C11H12N4O2/c1-15(2)7-14-10-4-3-9(17-11(13)16)5-8(10)6-12/h3-5,7H,1-2H3,(H2,13,16)/b14-7+. The molecule has 1 aromatic carbocycles. The first kappa shape index (κ1) is 12.5. The topological polar surface area (TPSA) is 91.7 Å². The second kappa shape index (κ2) is 5.51. The Morgan fingerprint density at radius 2 is 2.29 bits per heavy atom. The minimum atomic E-state index is -0.918. The number of carbonyl (C=O) groups is 1. The number of rotatable bonds is 3. The molecule has 0 bridgehead atoms. The molecule has 1 amide bonds. The Labute approximate surface area is 98.9 Å². The first-order valence-electron chi connectivity index (χ1n) is 4.75. The largest absolute Gasteiger partial charge is 0.410 e. The fraction of sp³-hybridized carbons (Fsp3) is 0.182. The van der Waals surface area contributed by atoms with Crippen molar-refractivity contribution in [3.63, 3.8) is 0 Å². The number of hydrogen-bond acceptors (Lipinski definition) is 4. The zero-order valence-electron chi connectivity index (χ0n) is 9.54. The molecule has 6 heteroatoms. The average Bonchev–Trinajstić information content (AvgIpc) is 2.26. The molecule has 1 aromatic rings. The van der Waals surface area contributed by atoms with E-state index in [4.69, 9.17) is 11.0 Å². The van der Waals surface area contributed by atoms with E-state index in [2.05, 4.69) is 9.73 Å². The molecule has 0 aliphatic carbocycles. The average molecular weight is 232 g/mol. The summed E-state index contributed by atoms with van der Waals surface area (Å²) in [5.74, 6) is 0.220. The fourth-order valence-corrected chi connectivity index (χ4v) is 1.07. The summed E-state index contributed by atoms with van der Waals surface area (Å²) >= 11 is 0. The number of nitrogens with zero attached hydrogens (tertiary/aromatic N) is 3. The molecule has 0 saturated heterocycles. The fourth-order valence-electron chi connectivity index (χ4n) is 1.07. The van der Waals surface area contributed by atoms with Crippen LogP contribution in [0.15, 0.2) is 23.2 Å². The monoisotopic (exact) mass is 232 g/mol. The van der Waals surface area contributed by atoms with E-state index in [0.29, 0.717) is 11.3 Å². The number of aliphatic imine (C=N–C) groups is 1. The van der Waals surface area contributed by atoms with Gasteiger partial charge in [0.1, 0.15) is 11.8 Å². The summed E-state index contributed by atoms with van der Waals surface area (Å²) in [6.45, 7) is 0. The van der Waals surface area contributed by atoms with E-state index >= 15 is 0 Å². The van der Waals surface area contributed by atoms with Gasteiger partial charge in [-0.1, -0.05) is 0 Å². The normalized spacial score (nSPS) is 9.94.